The molecule has 1 fully saturated rings. The zero-order valence-corrected chi connectivity index (χ0v) is 15.3. The van der Waals surface area contributed by atoms with Crippen LogP contribution in [-0.4, -0.2) is 44.0 Å². The van der Waals surface area contributed by atoms with E-state index in [4.69, 9.17) is 5.73 Å². The van der Waals surface area contributed by atoms with E-state index >= 15 is 0 Å². The van der Waals surface area contributed by atoms with Gasteiger partial charge in [-0.1, -0.05) is 0 Å². The second-order valence-corrected chi connectivity index (χ2v) is 7.23. The van der Waals surface area contributed by atoms with Crippen LogP contribution in [0.3, 0.4) is 0 Å². The van der Waals surface area contributed by atoms with Crippen molar-refractivity contribution in [1.82, 2.24) is 19.7 Å². The SMILES string of the molecule is Cn1cc2cc(-c3ccc4nc(N5CC[C@H](N)C5)ccc4n3)c(O)c(F)c2n1. The number of halogens is 1. The van der Waals surface area contributed by atoms with Gasteiger partial charge >= 0.3 is 0 Å². The van der Waals surface area contributed by atoms with Crippen LogP contribution in [0.15, 0.2) is 36.5 Å². The first-order valence-electron chi connectivity index (χ1n) is 9.13. The van der Waals surface area contributed by atoms with E-state index in [0.29, 0.717) is 22.2 Å². The van der Waals surface area contributed by atoms with Crippen molar-refractivity contribution >= 4 is 27.8 Å². The highest BCUT2D eigenvalue weighted by molar-refractivity contribution is 5.89. The number of fused-ring (bicyclic) bond motifs is 2. The Bertz CT molecular complexity index is 1220. The Kier molecular flexibility index (Phi) is 3.70. The molecule has 3 aromatic heterocycles. The average Bonchev–Trinajstić information content (AvgIpc) is 3.29. The molecular weight excluding hydrogens is 359 g/mol. The number of phenols is 1. The van der Waals surface area contributed by atoms with Crippen molar-refractivity contribution < 1.29 is 9.50 Å². The lowest BCUT2D eigenvalue weighted by atomic mass is 10.1. The number of rotatable bonds is 2. The molecule has 0 aliphatic carbocycles. The Labute approximate surface area is 160 Å². The first-order valence-corrected chi connectivity index (χ1v) is 9.13. The lowest BCUT2D eigenvalue weighted by molar-refractivity contribution is 0.437. The summed E-state index contributed by atoms with van der Waals surface area (Å²) >= 11 is 0. The topological polar surface area (TPSA) is 93.1 Å². The number of nitrogens with zero attached hydrogens (tertiary/aromatic N) is 5. The standard InChI is InChI=1S/C20H19FN6O/c1-26-9-11-8-13(20(28)18(21)19(11)25-26)14-2-3-16-15(23-14)4-5-17(24-16)27-7-6-12(22)10-27/h2-5,8-9,12,28H,6-7,10,22H2,1H3/t12-/m0/s1. The summed E-state index contributed by atoms with van der Waals surface area (Å²) in [6.07, 6.45) is 2.66. The molecular formula is C20H19FN6O. The van der Waals surface area contributed by atoms with E-state index in [1.165, 1.54) is 4.68 Å². The van der Waals surface area contributed by atoms with E-state index in [0.717, 1.165) is 30.8 Å². The lowest BCUT2D eigenvalue weighted by Crippen LogP contribution is -2.26. The highest BCUT2D eigenvalue weighted by Crippen LogP contribution is 2.36. The number of aryl methyl sites for hydroxylation is 1. The Hall–Kier alpha value is -3.26. The number of aromatic nitrogens is 4. The third-order valence-electron chi connectivity index (χ3n) is 5.18. The van der Waals surface area contributed by atoms with Crippen LogP contribution in [0.5, 0.6) is 5.75 Å². The van der Waals surface area contributed by atoms with Gasteiger partial charge < -0.3 is 15.7 Å². The maximum Gasteiger partial charge on any atom is 0.193 e. The summed E-state index contributed by atoms with van der Waals surface area (Å²) in [6.45, 7) is 1.69. The highest BCUT2D eigenvalue weighted by Gasteiger charge is 2.21. The third-order valence-corrected chi connectivity index (χ3v) is 5.18. The molecule has 0 saturated carbocycles. The number of phenolic OH excluding ortho intramolecular Hbond substituents is 1. The first-order chi connectivity index (χ1) is 13.5. The molecule has 1 aliphatic heterocycles. The van der Waals surface area contributed by atoms with Crippen molar-refractivity contribution in [2.75, 3.05) is 18.0 Å². The van der Waals surface area contributed by atoms with E-state index in [-0.39, 0.29) is 11.6 Å². The van der Waals surface area contributed by atoms with Crippen LogP contribution in [0, 0.1) is 5.82 Å². The van der Waals surface area contributed by atoms with Crippen molar-refractivity contribution in [3.8, 4) is 17.0 Å². The molecule has 4 aromatic rings. The molecule has 5 rings (SSSR count). The minimum atomic E-state index is -0.742. The molecule has 0 radical (unpaired) electrons. The maximum absolute atomic E-state index is 14.5. The number of anilines is 1. The maximum atomic E-state index is 14.5. The van der Waals surface area contributed by atoms with Crippen molar-refractivity contribution in [3.05, 3.63) is 42.3 Å². The number of aromatic hydroxyl groups is 1. The molecule has 7 nitrogen and oxygen atoms in total. The second kappa shape index (κ2) is 6.13. The van der Waals surface area contributed by atoms with E-state index in [1.807, 2.05) is 18.2 Å². The van der Waals surface area contributed by atoms with Crippen molar-refractivity contribution in [2.45, 2.75) is 12.5 Å². The molecule has 1 aromatic carbocycles. The number of nitrogens with two attached hydrogens (primary N) is 1. The Balaban J connectivity index is 1.58. The third kappa shape index (κ3) is 2.65. The van der Waals surface area contributed by atoms with Gasteiger partial charge in [-0.25, -0.2) is 14.4 Å². The molecule has 3 N–H and O–H groups in total. The van der Waals surface area contributed by atoms with Gasteiger partial charge in [0, 0.05) is 43.3 Å². The number of hydrogen-bond donors (Lipinski definition) is 2. The van der Waals surface area contributed by atoms with Crippen LogP contribution in [0.25, 0.3) is 33.2 Å². The molecule has 0 unspecified atom stereocenters. The van der Waals surface area contributed by atoms with Gasteiger partial charge in [-0.3, -0.25) is 4.68 Å². The van der Waals surface area contributed by atoms with Gasteiger partial charge in [-0.15, -0.1) is 0 Å². The van der Waals surface area contributed by atoms with Gasteiger partial charge in [0.1, 0.15) is 11.3 Å². The van der Waals surface area contributed by atoms with E-state index in [2.05, 4.69) is 20.0 Å². The smallest absolute Gasteiger partial charge is 0.193 e. The summed E-state index contributed by atoms with van der Waals surface area (Å²) < 4.78 is 16.1. The first kappa shape index (κ1) is 16.9. The molecule has 1 atom stereocenters. The zero-order valence-electron chi connectivity index (χ0n) is 15.3. The number of hydrogen-bond acceptors (Lipinski definition) is 6. The van der Waals surface area contributed by atoms with Crippen LogP contribution < -0.4 is 10.6 Å². The molecule has 4 heterocycles. The summed E-state index contributed by atoms with van der Waals surface area (Å²) in [5.74, 6) is -0.316. The molecule has 1 saturated heterocycles. The van der Waals surface area contributed by atoms with E-state index < -0.39 is 11.6 Å². The Morgan fingerprint density at radius 1 is 1.18 bits per heavy atom. The van der Waals surface area contributed by atoms with Gasteiger partial charge in [-0.2, -0.15) is 5.10 Å². The van der Waals surface area contributed by atoms with Crippen molar-refractivity contribution in [2.24, 2.45) is 12.8 Å². The van der Waals surface area contributed by atoms with Crippen LogP contribution >= 0.6 is 0 Å². The monoisotopic (exact) mass is 378 g/mol. The quantitative estimate of drug-likeness (QED) is 0.557. The van der Waals surface area contributed by atoms with Gasteiger partial charge in [-0.05, 0) is 36.8 Å². The van der Waals surface area contributed by atoms with Gasteiger partial charge in [0.15, 0.2) is 11.6 Å². The normalized spacial score (nSPS) is 17.1. The van der Waals surface area contributed by atoms with Crippen molar-refractivity contribution in [1.29, 1.82) is 0 Å². The minimum absolute atomic E-state index is 0.139. The van der Waals surface area contributed by atoms with Gasteiger partial charge in [0.25, 0.3) is 0 Å². The van der Waals surface area contributed by atoms with Gasteiger partial charge in [0.2, 0.25) is 0 Å². The molecule has 0 bridgehead atoms. The second-order valence-electron chi connectivity index (χ2n) is 7.23. The summed E-state index contributed by atoms with van der Waals surface area (Å²) in [5, 5.41) is 15.0. The van der Waals surface area contributed by atoms with E-state index in [1.54, 1.807) is 25.4 Å². The molecule has 0 amide bonds. The van der Waals surface area contributed by atoms with Crippen LogP contribution in [0.2, 0.25) is 0 Å². The fraction of sp³-hybridized carbons (Fsp3) is 0.250. The highest BCUT2D eigenvalue weighted by atomic mass is 19.1. The molecule has 0 spiro atoms. The fourth-order valence-corrected chi connectivity index (χ4v) is 3.75. The van der Waals surface area contributed by atoms with Crippen LogP contribution in [0.1, 0.15) is 6.42 Å². The largest absolute Gasteiger partial charge is 0.504 e. The molecule has 1 aliphatic rings. The van der Waals surface area contributed by atoms with Crippen LogP contribution in [0.4, 0.5) is 10.2 Å². The Morgan fingerprint density at radius 2 is 1.96 bits per heavy atom. The number of pyridine rings is 2. The number of benzene rings is 1. The van der Waals surface area contributed by atoms with Crippen LogP contribution in [-0.2, 0) is 7.05 Å². The minimum Gasteiger partial charge on any atom is -0.504 e. The van der Waals surface area contributed by atoms with Gasteiger partial charge in [0.05, 0.1) is 16.7 Å². The lowest BCUT2D eigenvalue weighted by Gasteiger charge is -2.17. The molecule has 8 heteroatoms. The summed E-state index contributed by atoms with van der Waals surface area (Å²) in [7, 11) is 1.71. The fourth-order valence-electron chi connectivity index (χ4n) is 3.75. The predicted octanol–water partition coefficient (Wildman–Crippen LogP) is 2.57. The van der Waals surface area contributed by atoms with E-state index in [9.17, 15) is 9.50 Å². The summed E-state index contributed by atoms with van der Waals surface area (Å²) in [6, 6.07) is 9.26. The molecule has 142 valence electrons. The predicted molar refractivity (Wildman–Crippen MR) is 106 cm³/mol. The average molecular weight is 378 g/mol. The summed E-state index contributed by atoms with van der Waals surface area (Å²) in [5.41, 5.74) is 8.35. The Morgan fingerprint density at radius 3 is 2.75 bits per heavy atom. The molecule has 28 heavy (non-hydrogen) atoms. The van der Waals surface area contributed by atoms with Crippen molar-refractivity contribution in [3.63, 3.8) is 0 Å². The summed E-state index contributed by atoms with van der Waals surface area (Å²) in [4.78, 5) is 11.4. The zero-order chi connectivity index (χ0) is 19.4.